The third-order valence-corrected chi connectivity index (χ3v) is 5.11. The largest absolute Gasteiger partial charge is 0.495 e. The van der Waals surface area contributed by atoms with Crippen molar-refractivity contribution >= 4 is 34.3 Å². The number of aliphatic hydroxyl groups is 1. The number of anilines is 2. The number of nitrogens with one attached hydrogen (secondary N) is 1. The summed E-state index contributed by atoms with van der Waals surface area (Å²) in [5.74, 6) is 1.90. The lowest BCUT2D eigenvalue weighted by molar-refractivity contribution is 0.145. The standard InChI is InChI=1S/C19H21ClN6O2/c1-28-15-3-2-12(10-14(15)20)11-23-18-16-17(22-7-6-21-16)19(25-24-18)26-8-4-13(27)5-9-26/h2-3,6-7,10,13,27H,4-5,8-9,11H2,1H3,(H,23,24). The van der Waals surface area contributed by atoms with E-state index in [1.165, 1.54) is 0 Å². The van der Waals surface area contributed by atoms with E-state index in [1.807, 2.05) is 18.2 Å². The number of rotatable bonds is 5. The van der Waals surface area contributed by atoms with Crippen molar-refractivity contribution in [2.75, 3.05) is 30.4 Å². The van der Waals surface area contributed by atoms with Gasteiger partial charge in [0.1, 0.15) is 16.8 Å². The zero-order valence-electron chi connectivity index (χ0n) is 15.5. The van der Waals surface area contributed by atoms with Gasteiger partial charge in [-0.3, -0.25) is 0 Å². The first kappa shape index (κ1) is 18.6. The van der Waals surface area contributed by atoms with Crippen molar-refractivity contribution in [3.05, 3.63) is 41.2 Å². The molecule has 2 aromatic heterocycles. The van der Waals surface area contributed by atoms with Gasteiger partial charge in [-0.05, 0) is 30.5 Å². The first-order chi connectivity index (χ1) is 13.7. The second-order valence-corrected chi connectivity index (χ2v) is 7.07. The number of piperidine rings is 1. The summed E-state index contributed by atoms with van der Waals surface area (Å²) in [5.41, 5.74) is 2.35. The van der Waals surface area contributed by atoms with Crippen molar-refractivity contribution in [3.8, 4) is 5.75 Å². The summed E-state index contributed by atoms with van der Waals surface area (Å²) in [6.45, 7) is 1.95. The highest BCUT2D eigenvalue weighted by atomic mass is 35.5. The van der Waals surface area contributed by atoms with E-state index in [4.69, 9.17) is 16.3 Å². The molecular formula is C19H21ClN6O2. The van der Waals surface area contributed by atoms with E-state index in [-0.39, 0.29) is 6.10 Å². The van der Waals surface area contributed by atoms with Crippen molar-refractivity contribution in [2.24, 2.45) is 0 Å². The van der Waals surface area contributed by atoms with Gasteiger partial charge in [-0.25, -0.2) is 9.97 Å². The second kappa shape index (κ2) is 8.12. The van der Waals surface area contributed by atoms with Crippen molar-refractivity contribution < 1.29 is 9.84 Å². The molecule has 9 heteroatoms. The molecule has 1 fully saturated rings. The van der Waals surface area contributed by atoms with Gasteiger partial charge in [-0.1, -0.05) is 17.7 Å². The molecule has 146 valence electrons. The third-order valence-electron chi connectivity index (χ3n) is 4.82. The minimum atomic E-state index is -0.251. The van der Waals surface area contributed by atoms with Crippen molar-refractivity contribution in [1.82, 2.24) is 20.2 Å². The van der Waals surface area contributed by atoms with E-state index in [1.54, 1.807) is 19.5 Å². The molecule has 8 nitrogen and oxygen atoms in total. The van der Waals surface area contributed by atoms with Gasteiger partial charge in [0.2, 0.25) is 0 Å². The molecule has 0 radical (unpaired) electrons. The summed E-state index contributed by atoms with van der Waals surface area (Å²) >= 11 is 6.20. The Hall–Kier alpha value is -2.71. The number of hydrogen-bond donors (Lipinski definition) is 2. The Kier molecular flexibility index (Phi) is 5.40. The van der Waals surface area contributed by atoms with Gasteiger partial charge in [0.15, 0.2) is 11.6 Å². The van der Waals surface area contributed by atoms with E-state index in [2.05, 4.69) is 30.4 Å². The summed E-state index contributed by atoms with van der Waals surface area (Å²) in [4.78, 5) is 11.0. The van der Waals surface area contributed by atoms with Gasteiger partial charge in [0.05, 0.1) is 18.2 Å². The minimum absolute atomic E-state index is 0.251. The zero-order valence-corrected chi connectivity index (χ0v) is 16.2. The predicted molar refractivity (Wildman–Crippen MR) is 108 cm³/mol. The van der Waals surface area contributed by atoms with Gasteiger partial charge in [0, 0.05) is 32.0 Å². The van der Waals surface area contributed by atoms with Crippen LogP contribution in [0.2, 0.25) is 5.02 Å². The van der Waals surface area contributed by atoms with E-state index in [0.29, 0.717) is 52.8 Å². The average Bonchev–Trinajstić information content (AvgIpc) is 2.73. The number of benzene rings is 1. The third kappa shape index (κ3) is 3.79. The molecule has 1 saturated heterocycles. The fourth-order valence-electron chi connectivity index (χ4n) is 3.28. The Morgan fingerprint density at radius 3 is 2.64 bits per heavy atom. The number of methoxy groups -OCH3 is 1. The van der Waals surface area contributed by atoms with E-state index >= 15 is 0 Å². The van der Waals surface area contributed by atoms with Gasteiger partial charge < -0.3 is 20.1 Å². The lowest BCUT2D eigenvalue weighted by Crippen LogP contribution is -2.36. The van der Waals surface area contributed by atoms with Crippen LogP contribution in [0.25, 0.3) is 11.0 Å². The molecule has 0 aliphatic carbocycles. The quantitative estimate of drug-likeness (QED) is 0.674. The van der Waals surface area contributed by atoms with Gasteiger partial charge in [-0.15, -0.1) is 10.2 Å². The van der Waals surface area contributed by atoms with E-state index in [9.17, 15) is 5.11 Å². The molecule has 3 heterocycles. The maximum atomic E-state index is 9.74. The number of halogens is 1. The molecule has 28 heavy (non-hydrogen) atoms. The van der Waals surface area contributed by atoms with Crippen LogP contribution in [-0.2, 0) is 6.54 Å². The van der Waals surface area contributed by atoms with Crippen LogP contribution in [0.5, 0.6) is 5.75 Å². The number of aromatic nitrogens is 4. The Labute approximate surface area is 167 Å². The summed E-state index contributed by atoms with van der Waals surface area (Å²) in [6, 6.07) is 5.62. The van der Waals surface area contributed by atoms with Crippen LogP contribution in [-0.4, -0.2) is 51.6 Å². The molecule has 0 bridgehead atoms. The van der Waals surface area contributed by atoms with Crippen LogP contribution in [0, 0.1) is 0 Å². The molecule has 0 atom stereocenters. The fraction of sp³-hybridized carbons (Fsp3) is 0.368. The Morgan fingerprint density at radius 1 is 1.18 bits per heavy atom. The highest BCUT2D eigenvalue weighted by Gasteiger charge is 2.22. The van der Waals surface area contributed by atoms with Crippen LogP contribution >= 0.6 is 11.6 Å². The number of aliphatic hydroxyl groups excluding tert-OH is 1. The van der Waals surface area contributed by atoms with Crippen LogP contribution < -0.4 is 15.0 Å². The Morgan fingerprint density at radius 2 is 1.93 bits per heavy atom. The molecule has 0 amide bonds. The maximum absolute atomic E-state index is 9.74. The highest BCUT2D eigenvalue weighted by Crippen LogP contribution is 2.28. The molecule has 3 aromatic rings. The topological polar surface area (TPSA) is 96.3 Å². The second-order valence-electron chi connectivity index (χ2n) is 6.67. The van der Waals surface area contributed by atoms with Gasteiger partial charge in [0.25, 0.3) is 0 Å². The predicted octanol–water partition coefficient (Wildman–Crippen LogP) is 2.66. The molecule has 4 rings (SSSR count). The van der Waals surface area contributed by atoms with Crippen LogP contribution in [0.3, 0.4) is 0 Å². The normalized spacial score (nSPS) is 15.0. The maximum Gasteiger partial charge on any atom is 0.179 e. The number of ether oxygens (including phenoxy) is 1. The SMILES string of the molecule is COc1ccc(CNc2nnc(N3CCC(O)CC3)c3nccnc23)cc1Cl. The van der Waals surface area contributed by atoms with Crippen molar-refractivity contribution in [2.45, 2.75) is 25.5 Å². The fourth-order valence-corrected chi connectivity index (χ4v) is 3.56. The highest BCUT2D eigenvalue weighted by molar-refractivity contribution is 6.32. The monoisotopic (exact) mass is 400 g/mol. The summed E-state index contributed by atoms with van der Waals surface area (Å²) < 4.78 is 5.18. The first-order valence-corrected chi connectivity index (χ1v) is 9.50. The minimum Gasteiger partial charge on any atom is -0.495 e. The molecular weight excluding hydrogens is 380 g/mol. The van der Waals surface area contributed by atoms with Gasteiger partial charge in [-0.2, -0.15) is 0 Å². The summed E-state index contributed by atoms with van der Waals surface area (Å²) in [6.07, 6.45) is 4.46. The van der Waals surface area contributed by atoms with Crippen LogP contribution in [0.15, 0.2) is 30.6 Å². The molecule has 1 aliphatic rings. The summed E-state index contributed by atoms with van der Waals surface area (Å²) in [5, 5.41) is 22.3. The summed E-state index contributed by atoms with van der Waals surface area (Å²) in [7, 11) is 1.59. The zero-order chi connectivity index (χ0) is 19.5. The molecule has 0 unspecified atom stereocenters. The molecule has 2 N–H and O–H groups in total. The number of fused-ring (bicyclic) bond motifs is 1. The van der Waals surface area contributed by atoms with Gasteiger partial charge >= 0.3 is 0 Å². The molecule has 1 aliphatic heterocycles. The molecule has 0 spiro atoms. The Bertz CT molecular complexity index is 978. The number of hydrogen-bond acceptors (Lipinski definition) is 8. The Balaban J connectivity index is 1.58. The van der Waals surface area contributed by atoms with Crippen LogP contribution in [0.1, 0.15) is 18.4 Å². The first-order valence-electron chi connectivity index (χ1n) is 9.12. The number of nitrogens with zero attached hydrogens (tertiary/aromatic N) is 5. The lowest BCUT2D eigenvalue weighted by Gasteiger charge is -2.30. The van der Waals surface area contributed by atoms with E-state index < -0.39 is 0 Å². The lowest BCUT2D eigenvalue weighted by atomic mass is 10.1. The van der Waals surface area contributed by atoms with Crippen LogP contribution in [0.4, 0.5) is 11.6 Å². The molecule has 1 aromatic carbocycles. The van der Waals surface area contributed by atoms with E-state index in [0.717, 1.165) is 18.7 Å². The smallest absolute Gasteiger partial charge is 0.179 e. The van der Waals surface area contributed by atoms with Crippen molar-refractivity contribution in [3.63, 3.8) is 0 Å². The van der Waals surface area contributed by atoms with Crippen molar-refractivity contribution in [1.29, 1.82) is 0 Å². The average molecular weight is 401 g/mol. The molecule has 0 saturated carbocycles.